The van der Waals surface area contributed by atoms with Gasteiger partial charge in [-0.1, -0.05) is 6.58 Å². The van der Waals surface area contributed by atoms with E-state index >= 15 is 0 Å². The van der Waals surface area contributed by atoms with Gasteiger partial charge in [-0.15, -0.1) is 0 Å². The zero-order chi connectivity index (χ0) is 7.28. The Morgan fingerprint density at radius 3 is 2.67 bits per heavy atom. The van der Waals surface area contributed by atoms with Gasteiger partial charge >= 0.3 is 0 Å². The van der Waals surface area contributed by atoms with Gasteiger partial charge in [-0.2, -0.15) is 0 Å². The summed E-state index contributed by atoms with van der Waals surface area (Å²) in [5.41, 5.74) is 5.42. The first-order chi connectivity index (χ1) is 4.18. The van der Waals surface area contributed by atoms with E-state index in [0.29, 0.717) is 5.57 Å². The van der Waals surface area contributed by atoms with E-state index in [1.807, 2.05) is 0 Å². The molecule has 3 heteroatoms. The maximum atomic E-state index is 10.6. The van der Waals surface area contributed by atoms with Crippen molar-refractivity contribution in [3.63, 3.8) is 0 Å². The minimum atomic E-state index is -0.211. The normalized spacial score (nSPS) is 9.44. The van der Waals surface area contributed by atoms with Gasteiger partial charge in [0.15, 0.2) is 0 Å². The Morgan fingerprint density at radius 1 is 1.78 bits per heavy atom. The quantitative estimate of drug-likeness (QED) is 0.516. The van der Waals surface area contributed by atoms with Gasteiger partial charge in [-0.3, -0.25) is 4.79 Å². The molecule has 50 valence electrons. The molecule has 0 aromatic heterocycles. The summed E-state index contributed by atoms with van der Waals surface area (Å²) in [4.78, 5) is 10.6. The van der Waals surface area contributed by atoms with Crippen LogP contribution in [0.25, 0.3) is 0 Å². The minimum absolute atomic E-state index is 0.211. The van der Waals surface area contributed by atoms with Crippen LogP contribution >= 0.6 is 0 Å². The van der Waals surface area contributed by atoms with Crippen LogP contribution in [0.1, 0.15) is 6.92 Å². The Balaban J connectivity index is 3.65. The van der Waals surface area contributed by atoms with E-state index < -0.39 is 0 Å². The molecule has 0 unspecified atom stereocenters. The molecule has 3 nitrogen and oxygen atoms in total. The lowest BCUT2D eigenvalue weighted by Crippen LogP contribution is -2.17. The summed E-state index contributed by atoms with van der Waals surface area (Å²) in [6.45, 7) is 5.05. The SMILES string of the molecule is C=C(C)C(=O)N/C=C/N. The predicted octanol–water partition coefficient (Wildman–Crippen LogP) is 0.109. The molecule has 0 aliphatic carbocycles. The van der Waals surface area contributed by atoms with Crippen LogP contribution in [0, 0.1) is 0 Å². The van der Waals surface area contributed by atoms with Gasteiger partial charge in [0.25, 0.3) is 0 Å². The molecule has 0 rings (SSSR count). The maximum Gasteiger partial charge on any atom is 0.250 e. The maximum absolute atomic E-state index is 10.6. The fourth-order valence-electron chi connectivity index (χ4n) is 0.247. The molecule has 0 aliphatic heterocycles. The Labute approximate surface area is 54.2 Å². The zero-order valence-electron chi connectivity index (χ0n) is 5.35. The molecule has 0 atom stereocenters. The third-order valence-electron chi connectivity index (χ3n) is 0.698. The molecule has 0 heterocycles. The van der Waals surface area contributed by atoms with Crippen molar-refractivity contribution in [1.82, 2.24) is 5.32 Å². The van der Waals surface area contributed by atoms with Crippen LogP contribution in [0.15, 0.2) is 24.6 Å². The standard InChI is InChI=1S/C6H10N2O/c1-5(2)6(9)8-4-3-7/h3-4H,1,7H2,2H3,(H,8,9)/b4-3+. The number of hydrogen-bond donors (Lipinski definition) is 2. The fraction of sp³-hybridized carbons (Fsp3) is 0.167. The lowest BCUT2D eigenvalue weighted by atomic mass is 10.3. The van der Waals surface area contributed by atoms with Gasteiger partial charge < -0.3 is 11.1 Å². The van der Waals surface area contributed by atoms with Gasteiger partial charge in [0.05, 0.1) is 0 Å². The number of nitrogens with two attached hydrogens (primary N) is 1. The van der Waals surface area contributed by atoms with Crippen LogP contribution in [0.2, 0.25) is 0 Å². The zero-order valence-corrected chi connectivity index (χ0v) is 5.35. The minimum Gasteiger partial charge on any atom is -0.403 e. The third kappa shape index (κ3) is 3.34. The summed E-state index contributed by atoms with van der Waals surface area (Å²) in [7, 11) is 0. The van der Waals surface area contributed by atoms with E-state index in [1.54, 1.807) is 6.92 Å². The second-order valence-corrected chi connectivity index (χ2v) is 1.61. The summed E-state index contributed by atoms with van der Waals surface area (Å²) in [6, 6.07) is 0. The smallest absolute Gasteiger partial charge is 0.250 e. The molecule has 3 N–H and O–H groups in total. The van der Waals surface area contributed by atoms with E-state index in [0.717, 1.165) is 0 Å². The predicted molar refractivity (Wildman–Crippen MR) is 36.3 cm³/mol. The van der Waals surface area contributed by atoms with Crippen molar-refractivity contribution in [3.8, 4) is 0 Å². The molecule has 0 saturated carbocycles. The van der Waals surface area contributed by atoms with Crippen LogP contribution in [-0.4, -0.2) is 5.91 Å². The number of hydrogen-bond acceptors (Lipinski definition) is 2. The molecule has 0 spiro atoms. The first-order valence-corrected chi connectivity index (χ1v) is 2.51. The highest BCUT2D eigenvalue weighted by Crippen LogP contribution is 1.83. The van der Waals surface area contributed by atoms with Gasteiger partial charge in [0.1, 0.15) is 0 Å². The average Bonchev–Trinajstić information content (AvgIpc) is 1.82. The lowest BCUT2D eigenvalue weighted by Gasteiger charge is -1.94. The molecule has 0 aromatic carbocycles. The first kappa shape index (κ1) is 7.75. The third-order valence-corrected chi connectivity index (χ3v) is 0.698. The molecule has 0 fully saturated rings. The number of carbonyl (C=O) groups is 1. The van der Waals surface area contributed by atoms with Gasteiger partial charge in [0, 0.05) is 18.0 Å². The first-order valence-electron chi connectivity index (χ1n) is 2.51. The number of rotatable bonds is 2. The van der Waals surface area contributed by atoms with E-state index in [1.165, 1.54) is 12.4 Å². The molecule has 0 aromatic rings. The fourth-order valence-corrected chi connectivity index (χ4v) is 0.247. The van der Waals surface area contributed by atoms with E-state index in [4.69, 9.17) is 5.73 Å². The van der Waals surface area contributed by atoms with Crippen molar-refractivity contribution >= 4 is 5.91 Å². The van der Waals surface area contributed by atoms with Crippen molar-refractivity contribution in [2.45, 2.75) is 6.92 Å². The monoisotopic (exact) mass is 126 g/mol. The Hall–Kier alpha value is -1.25. The summed E-state index contributed by atoms with van der Waals surface area (Å²) in [5.74, 6) is -0.211. The van der Waals surface area contributed by atoms with E-state index in [-0.39, 0.29) is 5.91 Å². The Bertz CT molecular complexity index is 149. The van der Waals surface area contributed by atoms with Gasteiger partial charge in [-0.05, 0) is 6.92 Å². The highest BCUT2D eigenvalue weighted by Gasteiger charge is 1.94. The molecular formula is C6H10N2O. The van der Waals surface area contributed by atoms with Crippen LogP contribution in [0.3, 0.4) is 0 Å². The second kappa shape index (κ2) is 3.72. The molecule has 0 saturated heterocycles. The van der Waals surface area contributed by atoms with Gasteiger partial charge in [-0.25, -0.2) is 0 Å². The number of nitrogens with one attached hydrogen (secondary N) is 1. The van der Waals surface area contributed by atoms with E-state index in [2.05, 4.69) is 11.9 Å². The second-order valence-electron chi connectivity index (χ2n) is 1.61. The average molecular weight is 126 g/mol. The molecule has 0 aliphatic rings. The van der Waals surface area contributed by atoms with Crippen LogP contribution in [0.4, 0.5) is 0 Å². The van der Waals surface area contributed by atoms with Crippen molar-refractivity contribution < 1.29 is 4.79 Å². The van der Waals surface area contributed by atoms with Crippen molar-refractivity contribution in [1.29, 1.82) is 0 Å². The summed E-state index contributed by atoms with van der Waals surface area (Å²) < 4.78 is 0. The topological polar surface area (TPSA) is 55.1 Å². The van der Waals surface area contributed by atoms with Crippen LogP contribution in [-0.2, 0) is 4.79 Å². The van der Waals surface area contributed by atoms with Crippen molar-refractivity contribution in [3.05, 3.63) is 24.6 Å². The highest BCUT2D eigenvalue weighted by molar-refractivity contribution is 5.92. The molecule has 0 radical (unpaired) electrons. The molecule has 9 heavy (non-hydrogen) atoms. The lowest BCUT2D eigenvalue weighted by molar-refractivity contribution is -0.116. The molecule has 0 bridgehead atoms. The molecule has 1 amide bonds. The van der Waals surface area contributed by atoms with Crippen LogP contribution < -0.4 is 11.1 Å². The van der Waals surface area contributed by atoms with Crippen molar-refractivity contribution in [2.24, 2.45) is 5.73 Å². The number of carbonyl (C=O) groups excluding carboxylic acids is 1. The van der Waals surface area contributed by atoms with E-state index in [9.17, 15) is 4.79 Å². The summed E-state index contributed by atoms with van der Waals surface area (Å²) >= 11 is 0. The highest BCUT2D eigenvalue weighted by atomic mass is 16.1. The Morgan fingerprint density at radius 2 is 2.33 bits per heavy atom. The Kier molecular flexibility index (Phi) is 3.20. The largest absolute Gasteiger partial charge is 0.403 e. The molecular weight excluding hydrogens is 116 g/mol. The number of amides is 1. The van der Waals surface area contributed by atoms with Gasteiger partial charge in [0.2, 0.25) is 5.91 Å². The van der Waals surface area contributed by atoms with Crippen LogP contribution in [0.5, 0.6) is 0 Å². The van der Waals surface area contributed by atoms with Crippen molar-refractivity contribution in [2.75, 3.05) is 0 Å². The summed E-state index contributed by atoms with van der Waals surface area (Å²) in [5, 5.41) is 2.39. The summed E-state index contributed by atoms with van der Waals surface area (Å²) in [6.07, 6.45) is 2.61.